The van der Waals surface area contributed by atoms with Crippen molar-refractivity contribution in [2.24, 2.45) is 5.41 Å². The van der Waals surface area contributed by atoms with Crippen molar-refractivity contribution in [2.75, 3.05) is 37.3 Å². The maximum Gasteiger partial charge on any atom is 0.244 e. The van der Waals surface area contributed by atoms with E-state index in [-0.39, 0.29) is 30.7 Å². The van der Waals surface area contributed by atoms with E-state index in [1.165, 1.54) is 0 Å². The van der Waals surface area contributed by atoms with Crippen molar-refractivity contribution in [3.8, 4) is 0 Å². The lowest BCUT2D eigenvalue weighted by Gasteiger charge is -2.37. The summed E-state index contributed by atoms with van der Waals surface area (Å²) in [6.45, 7) is 4.53. The summed E-state index contributed by atoms with van der Waals surface area (Å²) in [6, 6.07) is 17.5. The normalized spacial score (nSPS) is 15.9. The minimum atomic E-state index is -0.523. The SMILES string of the molecule is CNCc1ccccc1CN(CC(=O)Nc1ccc2c(c1)CC(=O)Nc1ncccc1C2)C(=O)C1(C)CCNCC1. The Kier molecular flexibility index (Phi) is 8.75. The van der Waals surface area contributed by atoms with Crippen LogP contribution in [0.15, 0.2) is 60.8 Å². The van der Waals surface area contributed by atoms with Crippen LogP contribution < -0.4 is 21.3 Å². The topological polar surface area (TPSA) is 115 Å². The highest BCUT2D eigenvalue weighted by Crippen LogP contribution is 2.31. The first kappa shape index (κ1) is 28.4. The first-order valence-electron chi connectivity index (χ1n) is 14.2. The van der Waals surface area contributed by atoms with E-state index in [9.17, 15) is 14.4 Å². The van der Waals surface area contributed by atoms with E-state index in [1.54, 1.807) is 11.1 Å². The quantitative estimate of drug-likeness (QED) is 0.340. The number of nitrogens with one attached hydrogen (secondary N) is 4. The standard InChI is InChI=1S/C32H38N6O3/c1-32(11-14-34-15-12-32)31(41)38(20-25-7-4-3-6-24(25)19-33-2)21-29(40)36-27-10-9-22-16-23-8-5-13-35-30(23)37-28(39)18-26(22)17-27/h3-10,13,17,33-34H,11-12,14-16,18-21H2,1-2H3,(H,36,40)(H,35,37,39). The third-order valence-electron chi connectivity index (χ3n) is 8.06. The first-order valence-corrected chi connectivity index (χ1v) is 14.2. The fourth-order valence-corrected chi connectivity index (χ4v) is 5.72. The number of carbonyl (C=O) groups is 3. The molecule has 3 aromatic rings. The summed E-state index contributed by atoms with van der Waals surface area (Å²) in [5, 5.41) is 12.4. The molecule has 5 rings (SSSR count). The molecule has 2 aliphatic heterocycles. The second kappa shape index (κ2) is 12.6. The molecule has 1 aromatic heterocycles. The van der Waals surface area contributed by atoms with Gasteiger partial charge in [-0.3, -0.25) is 14.4 Å². The molecule has 3 heterocycles. The predicted molar refractivity (Wildman–Crippen MR) is 159 cm³/mol. The van der Waals surface area contributed by atoms with E-state index in [1.807, 2.05) is 68.6 Å². The molecule has 0 aliphatic carbocycles. The van der Waals surface area contributed by atoms with Gasteiger partial charge in [-0.15, -0.1) is 0 Å². The average molecular weight is 555 g/mol. The lowest BCUT2D eigenvalue weighted by atomic mass is 9.79. The number of carbonyl (C=O) groups excluding carboxylic acids is 3. The fourth-order valence-electron chi connectivity index (χ4n) is 5.72. The summed E-state index contributed by atoms with van der Waals surface area (Å²) in [6.07, 6.45) is 3.95. The van der Waals surface area contributed by atoms with E-state index >= 15 is 0 Å². The number of hydrogen-bond acceptors (Lipinski definition) is 6. The van der Waals surface area contributed by atoms with E-state index in [4.69, 9.17) is 0 Å². The van der Waals surface area contributed by atoms with Crippen LogP contribution in [0.5, 0.6) is 0 Å². The van der Waals surface area contributed by atoms with Crippen molar-refractivity contribution in [1.82, 2.24) is 20.5 Å². The number of pyridine rings is 1. The summed E-state index contributed by atoms with van der Waals surface area (Å²) in [4.78, 5) is 46.0. The molecule has 0 saturated carbocycles. The van der Waals surface area contributed by atoms with Gasteiger partial charge in [0.05, 0.1) is 6.42 Å². The summed E-state index contributed by atoms with van der Waals surface area (Å²) in [5.41, 5.74) is 5.00. The Labute approximate surface area is 241 Å². The second-order valence-corrected chi connectivity index (χ2v) is 11.2. The molecule has 214 valence electrons. The Balaban J connectivity index is 1.35. The van der Waals surface area contributed by atoms with Gasteiger partial charge in [0, 0.05) is 36.8 Å². The number of piperidine rings is 1. The molecule has 41 heavy (non-hydrogen) atoms. The Bertz CT molecular complexity index is 1430. The van der Waals surface area contributed by atoms with Crippen molar-refractivity contribution >= 4 is 29.2 Å². The van der Waals surface area contributed by atoms with Crippen molar-refractivity contribution in [2.45, 2.75) is 45.7 Å². The highest BCUT2D eigenvalue weighted by molar-refractivity contribution is 5.96. The predicted octanol–water partition coefficient (Wildman–Crippen LogP) is 3.24. The zero-order valence-corrected chi connectivity index (χ0v) is 23.8. The van der Waals surface area contributed by atoms with Gasteiger partial charge >= 0.3 is 0 Å². The molecule has 0 spiro atoms. The molecule has 0 radical (unpaired) electrons. The largest absolute Gasteiger partial charge is 0.329 e. The molecule has 9 heteroatoms. The number of fused-ring (bicyclic) bond motifs is 2. The maximum atomic E-state index is 13.9. The number of rotatable bonds is 8. The summed E-state index contributed by atoms with van der Waals surface area (Å²) >= 11 is 0. The molecular weight excluding hydrogens is 516 g/mol. The van der Waals surface area contributed by atoms with Crippen LogP contribution in [0.3, 0.4) is 0 Å². The van der Waals surface area contributed by atoms with Crippen LogP contribution in [0.4, 0.5) is 11.5 Å². The molecule has 1 fully saturated rings. The summed E-state index contributed by atoms with van der Waals surface area (Å²) in [7, 11) is 1.89. The summed E-state index contributed by atoms with van der Waals surface area (Å²) in [5.74, 6) is 0.160. The number of benzene rings is 2. The molecule has 1 saturated heterocycles. The van der Waals surface area contributed by atoms with Crippen molar-refractivity contribution in [3.63, 3.8) is 0 Å². The zero-order chi connectivity index (χ0) is 28.8. The lowest BCUT2D eigenvalue weighted by Crippen LogP contribution is -2.49. The maximum absolute atomic E-state index is 13.9. The molecule has 0 atom stereocenters. The Morgan fingerprint density at radius 2 is 1.76 bits per heavy atom. The minimum absolute atomic E-state index is 0.00413. The van der Waals surface area contributed by atoms with Crippen LogP contribution in [-0.2, 0) is 40.3 Å². The number of aromatic nitrogens is 1. The van der Waals surface area contributed by atoms with Gasteiger partial charge in [0.1, 0.15) is 12.4 Å². The molecule has 2 aliphatic rings. The number of hydrogen-bond donors (Lipinski definition) is 4. The minimum Gasteiger partial charge on any atom is -0.329 e. The molecule has 3 amide bonds. The zero-order valence-electron chi connectivity index (χ0n) is 23.8. The van der Waals surface area contributed by atoms with Crippen LogP contribution in [0.25, 0.3) is 0 Å². The van der Waals surface area contributed by atoms with Gasteiger partial charge in [0.2, 0.25) is 17.7 Å². The Morgan fingerprint density at radius 1 is 0.976 bits per heavy atom. The number of amides is 3. The first-order chi connectivity index (χ1) is 19.8. The van der Waals surface area contributed by atoms with Gasteiger partial charge < -0.3 is 26.2 Å². The molecule has 0 bridgehead atoms. The van der Waals surface area contributed by atoms with Gasteiger partial charge in [0.25, 0.3) is 0 Å². The molecular formula is C32H38N6O3. The second-order valence-electron chi connectivity index (χ2n) is 11.2. The van der Waals surface area contributed by atoms with Gasteiger partial charge in [0.15, 0.2) is 0 Å². The van der Waals surface area contributed by atoms with Crippen LogP contribution in [-0.4, -0.2) is 54.3 Å². The van der Waals surface area contributed by atoms with Crippen LogP contribution in [0.1, 0.15) is 47.6 Å². The molecule has 4 N–H and O–H groups in total. The highest BCUT2D eigenvalue weighted by atomic mass is 16.2. The van der Waals surface area contributed by atoms with E-state index < -0.39 is 5.41 Å². The van der Waals surface area contributed by atoms with Crippen LogP contribution in [0, 0.1) is 5.41 Å². The van der Waals surface area contributed by atoms with Gasteiger partial charge in [-0.05, 0) is 79.0 Å². The smallest absolute Gasteiger partial charge is 0.244 e. The molecule has 9 nitrogen and oxygen atoms in total. The third kappa shape index (κ3) is 6.81. The monoisotopic (exact) mass is 554 g/mol. The van der Waals surface area contributed by atoms with E-state index in [2.05, 4.69) is 26.3 Å². The Hall–Kier alpha value is -4.08. The fraction of sp³-hybridized carbons (Fsp3) is 0.375. The number of nitrogens with zero attached hydrogens (tertiary/aromatic N) is 2. The van der Waals surface area contributed by atoms with Crippen molar-refractivity contribution in [1.29, 1.82) is 0 Å². The third-order valence-corrected chi connectivity index (χ3v) is 8.06. The average Bonchev–Trinajstić information content (AvgIpc) is 2.95. The van der Waals surface area contributed by atoms with Crippen molar-refractivity contribution < 1.29 is 14.4 Å². The summed E-state index contributed by atoms with van der Waals surface area (Å²) < 4.78 is 0. The van der Waals surface area contributed by atoms with Gasteiger partial charge in [-0.2, -0.15) is 0 Å². The van der Waals surface area contributed by atoms with Crippen LogP contribution >= 0.6 is 0 Å². The molecule has 0 unspecified atom stereocenters. The lowest BCUT2D eigenvalue weighted by molar-refractivity contribution is -0.145. The Morgan fingerprint density at radius 3 is 2.54 bits per heavy atom. The van der Waals surface area contributed by atoms with Crippen LogP contribution in [0.2, 0.25) is 0 Å². The van der Waals surface area contributed by atoms with E-state index in [0.29, 0.717) is 31.0 Å². The van der Waals surface area contributed by atoms with Gasteiger partial charge in [-0.25, -0.2) is 4.98 Å². The number of anilines is 2. The van der Waals surface area contributed by atoms with Gasteiger partial charge in [-0.1, -0.05) is 43.3 Å². The van der Waals surface area contributed by atoms with Crippen molar-refractivity contribution in [3.05, 3.63) is 88.6 Å². The highest BCUT2D eigenvalue weighted by Gasteiger charge is 2.38. The molecule has 2 aromatic carbocycles. The van der Waals surface area contributed by atoms with E-state index in [0.717, 1.165) is 53.7 Å².